The first kappa shape index (κ1) is 24.9. The Bertz CT molecular complexity index is 1000. The van der Waals surface area contributed by atoms with E-state index in [1.165, 1.54) is 23.3 Å². The molecule has 2 heterocycles. The number of ether oxygens (including phenoxy) is 1. The molecule has 0 unspecified atom stereocenters. The summed E-state index contributed by atoms with van der Waals surface area (Å²) in [5.74, 6) is -0.575. The van der Waals surface area contributed by atoms with Crippen molar-refractivity contribution in [3.63, 3.8) is 0 Å². The van der Waals surface area contributed by atoms with Crippen LogP contribution in [0.3, 0.4) is 0 Å². The molecular weight excluding hydrogens is 446 g/mol. The van der Waals surface area contributed by atoms with Crippen LogP contribution < -0.4 is 10.0 Å². The number of carbonyl (C=O) groups excluding carboxylic acids is 2. The Labute approximate surface area is 194 Å². The Hall–Kier alpha value is -2.69. The zero-order valence-corrected chi connectivity index (χ0v) is 19.7. The lowest BCUT2D eigenvalue weighted by atomic mass is 10.0. The third kappa shape index (κ3) is 6.89. The summed E-state index contributed by atoms with van der Waals surface area (Å²) in [4.78, 5) is 27.7. The van der Waals surface area contributed by atoms with Crippen LogP contribution in [-0.4, -0.2) is 57.0 Å². The van der Waals surface area contributed by atoms with Gasteiger partial charge in [0.05, 0.1) is 30.4 Å². The number of sulfonamides is 1. The summed E-state index contributed by atoms with van der Waals surface area (Å²) in [5.41, 5.74) is 0. The molecule has 2 aromatic rings. The molecule has 10 heteroatoms. The van der Waals surface area contributed by atoms with Gasteiger partial charge in [-0.25, -0.2) is 13.1 Å². The van der Waals surface area contributed by atoms with Gasteiger partial charge in [-0.15, -0.1) is 0 Å². The number of benzene rings is 1. The monoisotopic (exact) mass is 477 g/mol. The molecule has 1 aromatic heterocycles. The highest BCUT2D eigenvalue weighted by molar-refractivity contribution is 7.89. The smallest absolute Gasteiger partial charge is 0.243 e. The Morgan fingerprint density at radius 3 is 2.52 bits per heavy atom. The van der Waals surface area contributed by atoms with Gasteiger partial charge in [0.1, 0.15) is 11.8 Å². The fourth-order valence-corrected chi connectivity index (χ4v) is 4.78. The van der Waals surface area contributed by atoms with Crippen molar-refractivity contribution in [2.75, 3.05) is 19.7 Å². The van der Waals surface area contributed by atoms with Crippen LogP contribution in [-0.2, 0) is 30.9 Å². The van der Waals surface area contributed by atoms with Crippen LogP contribution in [0.25, 0.3) is 0 Å². The number of furan rings is 1. The highest BCUT2D eigenvalue weighted by Gasteiger charge is 2.34. The minimum absolute atomic E-state index is 0.0336. The average molecular weight is 478 g/mol. The van der Waals surface area contributed by atoms with Gasteiger partial charge in [-0.3, -0.25) is 9.59 Å². The molecule has 0 saturated carbocycles. The fraction of sp³-hybridized carbons (Fsp3) is 0.478. The highest BCUT2D eigenvalue weighted by Crippen LogP contribution is 2.18. The van der Waals surface area contributed by atoms with Gasteiger partial charge in [0.2, 0.25) is 21.8 Å². The zero-order valence-electron chi connectivity index (χ0n) is 18.9. The van der Waals surface area contributed by atoms with E-state index in [2.05, 4.69) is 10.0 Å². The van der Waals surface area contributed by atoms with Gasteiger partial charge in [-0.05, 0) is 43.0 Å². The van der Waals surface area contributed by atoms with Gasteiger partial charge in [0, 0.05) is 13.2 Å². The third-order valence-corrected chi connectivity index (χ3v) is 6.87. The lowest BCUT2D eigenvalue weighted by Gasteiger charge is -2.33. The van der Waals surface area contributed by atoms with Crippen LogP contribution in [0.4, 0.5) is 0 Å². The van der Waals surface area contributed by atoms with Gasteiger partial charge in [-0.2, -0.15) is 0 Å². The molecule has 2 N–H and O–H groups in total. The molecule has 1 fully saturated rings. The van der Waals surface area contributed by atoms with E-state index in [-0.39, 0.29) is 29.4 Å². The number of rotatable bonds is 11. The molecule has 1 saturated heterocycles. The van der Waals surface area contributed by atoms with Crippen molar-refractivity contribution in [1.29, 1.82) is 0 Å². The first-order valence-electron chi connectivity index (χ1n) is 11.0. The predicted molar refractivity (Wildman–Crippen MR) is 121 cm³/mol. The minimum Gasteiger partial charge on any atom is -0.467 e. The molecule has 1 aromatic carbocycles. The normalized spacial score (nSPS) is 17.1. The molecule has 0 spiro atoms. The van der Waals surface area contributed by atoms with Gasteiger partial charge in [0.25, 0.3) is 0 Å². The van der Waals surface area contributed by atoms with Crippen LogP contribution in [0.1, 0.15) is 32.4 Å². The number of nitrogens with zero attached hydrogens (tertiary/aromatic N) is 1. The van der Waals surface area contributed by atoms with Crippen molar-refractivity contribution in [2.45, 2.75) is 50.3 Å². The van der Waals surface area contributed by atoms with Crippen LogP contribution >= 0.6 is 0 Å². The van der Waals surface area contributed by atoms with Crippen molar-refractivity contribution in [3.8, 4) is 0 Å². The van der Waals surface area contributed by atoms with Gasteiger partial charge >= 0.3 is 0 Å². The van der Waals surface area contributed by atoms with Crippen molar-refractivity contribution >= 4 is 21.8 Å². The maximum atomic E-state index is 13.2. The standard InChI is InChI=1S/C23H31N3O6S/c1-17(2)22(23(28)24-14-18-8-6-12-31-18)26(16-19-9-7-13-32-19)21(27)15-25-33(29,30)20-10-4-3-5-11-20/h3-5,7,9-11,13,17-18,22,25H,6,8,12,14-16H2,1-2H3,(H,24,28)/t18-,22-/m0/s1. The Morgan fingerprint density at radius 2 is 1.91 bits per heavy atom. The van der Waals surface area contributed by atoms with E-state index in [1.54, 1.807) is 30.3 Å². The summed E-state index contributed by atoms with van der Waals surface area (Å²) in [7, 11) is -3.88. The third-order valence-electron chi connectivity index (χ3n) is 5.46. The molecule has 0 radical (unpaired) electrons. The topological polar surface area (TPSA) is 118 Å². The second-order valence-corrected chi connectivity index (χ2v) is 10.1. The van der Waals surface area contributed by atoms with Crippen molar-refractivity contribution < 1.29 is 27.2 Å². The molecule has 1 aliphatic rings. The van der Waals surface area contributed by atoms with Crippen molar-refractivity contribution in [1.82, 2.24) is 14.9 Å². The number of hydrogen-bond donors (Lipinski definition) is 2. The Morgan fingerprint density at radius 1 is 1.15 bits per heavy atom. The van der Waals surface area contributed by atoms with E-state index in [9.17, 15) is 18.0 Å². The molecule has 2 amide bonds. The molecular formula is C23H31N3O6S. The lowest BCUT2D eigenvalue weighted by Crippen LogP contribution is -2.54. The fourth-order valence-electron chi connectivity index (χ4n) is 3.78. The quantitative estimate of drug-likeness (QED) is 0.510. The molecule has 0 bridgehead atoms. The van der Waals surface area contributed by atoms with Gasteiger partial charge in [0.15, 0.2) is 0 Å². The predicted octanol–water partition coefficient (Wildman–Crippen LogP) is 1.91. The number of hydrogen-bond acceptors (Lipinski definition) is 6. The highest BCUT2D eigenvalue weighted by atomic mass is 32.2. The SMILES string of the molecule is CC(C)[C@@H](C(=O)NC[C@@H]1CCCO1)N(Cc1ccco1)C(=O)CNS(=O)(=O)c1ccccc1. The molecule has 3 rings (SSSR count). The second kappa shape index (κ2) is 11.4. The summed E-state index contributed by atoms with van der Waals surface area (Å²) >= 11 is 0. The summed E-state index contributed by atoms with van der Waals surface area (Å²) in [5, 5.41) is 2.89. The van der Waals surface area contributed by atoms with Crippen molar-refractivity contribution in [2.24, 2.45) is 5.92 Å². The average Bonchev–Trinajstić information content (AvgIpc) is 3.50. The van der Waals surface area contributed by atoms with Crippen LogP contribution in [0.15, 0.2) is 58.0 Å². The summed E-state index contributed by atoms with van der Waals surface area (Å²) in [6.45, 7) is 4.28. The van der Waals surface area contributed by atoms with Gasteiger partial charge in [-0.1, -0.05) is 32.0 Å². The Kier molecular flexibility index (Phi) is 8.65. The van der Waals surface area contributed by atoms with Crippen LogP contribution in [0, 0.1) is 5.92 Å². The minimum atomic E-state index is -3.88. The van der Waals surface area contributed by atoms with E-state index in [0.717, 1.165) is 12.8 Å². The molecule has 1 aliphatic heterocycles. The van der Waals surface area contributed by atoms with E-state index >= 15 is 0 Å². The molecule has 9 nitrogen and oxygen atoms in total. The van der Waals surface area contributed by atoms with E-state index < -0.39 is 28.5 Å². The van der Waals surface area contributed by atoms with Crippen molar-refractivity contribution in [3.05, 3.63) is 54.5 Å². The number of carbonyl (C=O) groups is 2. The maximum absolute atomic E-state index is 13.2. The van der Waals surface area contributed by atoms with Gasteiger partial charge < -0.3 is 19.4 Å². The first-order valence-corrected chi connectivity index (χ1v) is 12.5. The molecule has 33 heavy (non-hydrogen) atoms. The Balaban J connectivity index is 1.74. The zero-order chi connectivity index (χ0) is 23.8. The van der Waals surface area contributed by atoms with E-state index in [1.807, 2.05) is 13.8 Å². The second-order valence-electron chi connectivity index (χ2n) is 8.31. The first-order chi connectivity index (χ1) is 15.8. The summed E-state index contributed by atoms with van der Waals surface area (Å²) in [6.07, 6.45) is 3.29. The number of amides is 2. The lowest BCUT2D eigenvalue weighted by molar-refractivity contribution is -0.142. The van der Waals surface area contributed by atoms with E-state index in [0.29, 0.717) is 18.9 Å². The maximum Gasteiger partial charge on any atom is 0.243 e. The van der Waals surface area contributed by atoms with E-state index in [4.69, 9.17) is 9.15 Å². The molecule has 0 aliphatic carbocycles. The largest absolute Gasteiger partial charge is 0.467 e. The van der Waals surface area contributed by atoms with Crippen LogP contribution in [0.2, 0.25) is 0 Å². The summed E-state index contributed by atoms with van der Waals surface area (Å²) < 4.78 is 38.4. The number of nitrogens with one attached hydrogen (secondary N) is 2. The summed E-state index contributed by atoms with van der Waals surface area (Å²) in [6, 6.07) is 10.4. The molecule has 180 valence electrons. The van der Waals surface area contributed by atoms with Crippen LogP contribution in [0.5, 0.6) is 0 Å². The molecule has 2 atom stereocenters.